The van der Waals surface area contributed by atoms with Gasteiger partial charge in [-0.3, -0.25) is 0 Å². The molecule has 0 saturated carbocycles. The standard InChI is InChI=1S/C11H10ClN3O/c1-7-4-11(15-6-14-7)16-8-2-3-10(13)9(12)5-8/h2-6H,13H2,1H3. The highest BCUT2D eigenvalue weighted by Gasteiger charge is 2.02. The Balaban J connectivity index is 2.24. The van der Waals surface area contributed by atoms with Crippen LogP contribution < -0.4 is 10.5 Å². The lowest BCUT2D eigenvalue weighted by Gasteiger charge is -2.06. The molecule has 0 unspecified atom stereocenters. The van der Waals surface area contributed by atoms with Crippen LogP contribution in [0, 0.1) is 6.92 Å². The smallest absolute Gasteiger partial charge is 0.222 e. The molecular weight excluding hydrogens is 226 g/mol. The van der Waals surface area contributed by atoms with Crippen LogP contribution in [0.15, 0.2) is 30.6 Å². The Morgan fingerprint density at radius 1 is 1.25 bits per heavy atom. The molecule has 0 saturated heterocycles. The van der Waals surface area contributed by atoms with E-state index in [9.17, 15) is 0 Å². The van der Waals surface area contributed by atoms with Crippen LogP contribution in [-0.4, -0.2) is 9.97 Å². The maximum Gasteiger partial charge on any atom is 0.222 e. The van der Waals surface area contributed by atoms with Gasteiger partial charge in [0.1, 0.15) is 12.1 Å². The summed E-state index contributed by atoms with van der Waals surface area (Å²) in [6.07, 6.45) is 1.45. The normalized spacial score (nSPS) is 10.1. The number of rotatable bonds is 2. The molecule has 0 amide bonds. The number of aromatic nitrogens is 2. The quantitative estimate of drug-likeness (QED) is 0.813. The number of anilines is 1. The van der Waals surface area contributed by atoms with E-state index in [1.165, 1.54) is 6.33 Å². The molecule has 82 valence electrons. The lowest BCUT2D eigenvalue weighted by Crippen LogP contribution is -1.91. The van der Waals surface area contributed by atoms with Gasteiger partial charge in [0.05, 0.1) is 10.7 Å². The molecule has 0 fully saturated rings. The summed E-state index contributed by atoms with van der Waals surface area (Å²) in [6.45, 7) is 1.87. The average molecular weight is 236 g/mol. The number of nitrogen functional groups attached to an aromatic ring is 1. The third-order valence-corrected chi connectivity index (χ3v) is 2.30. The van der Waals surface area contributed by atoms with Gasteiger partial charge in [-0.15, -0.1) is 0 Å². The van der Waals surface area contributed by atoms with Crippen LogP contribution in [0.1, 0.15) is 5.69 Å². The molecular formula is C11H10ClN3O. The van der Waals surface area contributed by atoms with Crippen molar-refractivity contribution in [1.29, 1.82) is 0 Å². The monoisotopic (exact) mass is 235 g/mol. The third-order valence-electron chi connectivity index (χ3n) is 1.97. The first-order valence-electron chi connectivity index (χ1n) is 4.66. The Morgan fingerprint density at radius 3 is 2.75 bits per heavy atom. The van der Waals surface area contributed by atoms with E-state index in [2.05, 4.69) is 9.97 Å². The summed E-state index contributed by atoms with van der Waals surface area (Å²) in [5, 5.41) is 0.461. The summed E-state index contributed by atoms with van der Waals surface area (Å²) < 4.78 is 5.50. The molecule has 2 N–H and O–H groups in total. The maximum absolute atomic E-state index is 5.87. The molecule has 0 aliphatic heterocycles. The minimum atomic E-state index is 0.461. The van der Waals surface area contributed by atoms with E-state index in [1.54, 1.807) is 24.3 Å². The van der Waals surface area contributed by atoms with Gasteiger partial charge in [0, 0.05) is 17.8 Å². The number of ether oxygens (including phenoxy) is 1. The van der Waals surface area contributed by atoms with Crippen LogP contribution in [0.3, 0.4) is 0 Å². The van der Waals surface area contributed by atoms with Crippen LogP contribution in [0.25, 0.3) is 0 Å². The van der Waals surface area contributed by atoms with Gasteiger partial charge in [-0.1, -0.05) is 11.6 Å². The summed E-state index contributed by atoms with van der Waals surface area (Å²) in [5.41, 5.74) is 6.95. The molecule has 1 aromatic carbocycles. The zero-order valence-electron chi connectivity index (χ0n) is 8.64. The molecule has 0 aliphatic carbocycles. The maximum atomic E-state index is 5.87. The van der Waals surface area contributed by atoms with Gasteiger partial charge >= 0.3 is 0 Å². The zero-order valence-corrected chi connectivity index (χ0v) is 9.40. The van der Waals surface area contributed by atoms with Crippen molar-refractivity contribution in [2.45, 2.75) is 6.92 Å². The lowest BCUT2D eigenvalue weighted by molar-refractivity contribution is 0.461. The fourth-order valence-electron chi connectivity index (χ4n) is 1.18. The molecule has 4 nitrogen and oxygen atoms in total. The molecule has 0 radical (unpaired) electrons. The Morgan fingerprint density at radius 2 is 2.06 bits per heavy atom. The first kappa shape index (κ1) is 10.7. The molecule has 0 aliphatic rings. The van der Waals surface area contributed by atoms with E-state index in [-0.39, 0.29) is 0 Å². The zero-order chi connectivity index (χ0) is 11.5. The SMILES string of the molecule is Cc1cc(Oc2ccc(N)c(Cl)c2)ncn1. The molecule has 0 bridgehead atoms. The summed E-state index contributed by atoms with van der Waals surface area (Å²) in [7, 11) is 0. The van der Waals surface area contributed by atoms with E-state index in [4.69, 9.17) is 22.1 Å². The van der Waals surface area contributed by atoms with Crippen LogP contribution in [-0.2, 0) is 0 Å². The van der Waals surface area contributed by atoms with Gasteiger partial charge in [-0.25, -0.2) is 9.97 Å². The second-order valence-electron chi connectivity index (χ2n) is 3.28. The van der Waals surface area contributed by atoms with E-state index in [0.717, 1.165) is 5.69 Å². The van der Waals surface area contributed by atoms with Crippen molar-refractivity contribution in [2.24, 2.45) is 0 Å². The van der Waals surface area contributed by atoms with Gasteiger partial charge in [0.15, 0.2) is 0 Å². The van der Waals surface area contributed by atoms with E-state index in [0.29, 0.717) is 22.3 Å². The fourth-order valence-corrected chi connectivity index (χ4v) is 1.35. The molecule has 2 aromatic rings. The van der Waals surface area contributed by atoms with Gasteiger partial charge in [0.2, 0.25) is 5.88 Å². The number of hydrogen-bond donors (Lipinski definition) is 1. The molecule has 1 aromatic heterocycles. The minimum absolute atomic E-state index is 0.461. The predicted octanol–water partition coefficient (Wildman–Crippen LogP) is 2.81. The predicted molar refractivity (Wildman–Crippen MR) is 62.7 cm³/mol. The summed E-state index contributed by atoms with van der Waals surface area (Å²) >= 11 is 5.87. The number of nitrogens with zero attached hydrogens (tertiary/aromatic N) is 2. The van der Waals surface area contributed by atoms with Crippen molar-refractivity contribution in [3.05, 3.63) is 41.3 Å². The van der Waals surface area contributed by atoms with Gasteiger partial charge < -0.3 is 10.5 Å². The highest BCUT2D eigenvalue weighted by molar-refractivity contribution is 6.33. The number of halogens is 1. The van der Waals surface area contributed by atoms with E-state index >= 15 is 0 Å². The van der Waals surface area contributed by atoms with Crippen LogP contribution in [0.2, 0.25) is 5.02 Å². The first-order valence-corrected chi connectivity index (χ1v) is 5.04. The number of nitrogens with two attached hydrogens (primary N) is 1. The largest absolute Gasteiger partial charge is 0.439 e. The lowest BCUT2D eigenvalue weighted by atomic mass is 10.3. The van der Waals surface area contributed by atoms with Crippen molar-refractivity contribution in [3.8, 4) is 11.6 Å². The van der Waals surface area contributed by atoms with Gasteiger partial charge in [-0.05, 0) is 19.1 Å². The van der Waals surface area contributed by atoms with Crippen molar-refractivity contribution in [1.82, 2.24) is 9.97 Å². The highest BCUT2D eigenvalue weighted by Crippen LogP contribution is 2.27. The van der Waals surface area contributed by atoms with Crippen LogP contribution in [0.4, 0.5) is 5.69 Å². The molecule has 1 heterocycles. The molecule has 0 spiro atoms. The average Bonchev–Trinajstić information content (AvgIpc) is 2.24. The first-order chi connectivity index (χ1) is 7.65. The van der Waals surface area contributed by atoms with Crippen molar-refractivity contribution in [2.75, 3.05) is 5.73 Å². The van der Waals surface area contributed by atoms with Crippen molar-refractivity contribution >= 4 is 17.3 Å². The molecule has 16 heavy (non-hydrogen) atoms. The fraction of sp³-hybridized carbons (Fsp3) is 0.0909. The number of hydrogen-bond acceptors (Lipinski definition) is 4. The van der Waals surface area contributed by atoms with Crippen molar-refractivity contribution in [3.63, 3.8) is 0 Å². The Bertz CT molecular complexity index is 516. The molecule has 5 heteroatoms. The number of aryl methyl sites for hydroxylation is 1. The topological polar surface area (TPSA) is 61.0 Å². The van der Waals surface area contributed by atoms with Crippen LogP contribution in [0.5, 0.6) is 11.6 Å². The summed E-state index contributed by atoms with van der Waals surface area (Å²) in [6, 6.07) is 6.81. The Labute approximate surface area is 98.0 Å². The highest BCUT2D eigenvalue weighted by atomic mass is 35.5. The Kier molecular flexibility index (Phi) is 2.92. The van der Waals surface area contributed by atoms with E-state index < -0.39 is 0 Å². The second kappa shape index (κ2) is 4.37. The Hall–Kier alpha value is -1.81. The molecule has 0 atom stereocenters. The van der Waals surface area contributed by atoms with E-state index in [1.807, 2.05) is 6.92 Å². The van der Waals surface area contributed by atoms with Crippen molar-refractivity contribution < 1.29 is 4.74 Å². The van der Waals surface area contributed by atoms with Gasteiger partial charge in [-0.2, -0.15) is 0 Å². The molecule has 2 rings (SSSR count). The van der Waals surface area contributed by atoms with Crippen LogP contribution >= 0.6 is 11.6 Å². The second-order valence-corrected chi connectivity index (χ2v) is 3.69. The third kappa shape index (κ3) is 2.41. The summed E-state index contributed by atoms with van der Waals surface area (Å²) in [5.74, 6) is 1.07. The number of benzene rings is 1. The summed E-state index contributed by atoms with van der Waals surface area (Å²) in [4.78, 5) is 7.96. The van der Waals surface area contributed by atoms with Gasteiger partial charge in [0.25, 0.3) is 0 Å². The minimum Gasteiger partial charge on any atom is -0.439 e.